The molecule has 2 rings (SSSR count). The smallest absolute Gasteiger partial charge is 0.123 e. The third-order valence-corrected chi connectivity index (χ3v) is 3.88. The van der Waals surface area contributed by atoms with Crippen molar-refractivity contribution in [2.75, 3.05) is 6.61 Å². The molecular weight excluding hydrogens is 242 g/mol. The second-order valence-electron chi connectivity index (χ2n) is 4.42. The van der Waals surface area contributed by atoms with E-state index in [1.807, 2.05) is 5.38 Å². The van der Waals surface area contributed by atoms with Crippen LogP contribution in [0.1, 0.15) is 31.0 Å². The standard InChI is InChI=1S/C15H19NOS/c1-2-3-4-12-5-7-13(8-6-12)15-16-14(9-10-17)11-18-15/h5-8,11,17H,2-4,9-10H2,1H3. The van der Waals surface area contributed by atoms with Crippen LogP contribution >= 0.6 is 11.3 Å². The lowest BCUT2D eigenvalue weighted by Gasteiger charge is -2.01. The lowest BCUT2D eigenvalue weighted by molar-refractivity contribution is 0.298. The number of aryl methyl sites for hydroxylation is 1. The van der Waals surface area contributed by atoms with Gasteiger partial charge in [-0.3, -0.25) is 0 Å². The predicted octanol–water partition coefficient (Wildman–Crippen LogP) is 3.69. The van der Waals surface area contributed by atoms with Crippen LogP contribution in [0.25, 0.3) is 10.6 Å². The van der Waals surface area contributed by atoms with Crippen LogP contribution in [0.4, 0.5) is 0 Å². The SMILES string of the molecule is CCCCc1ccc(-c2nc(CCO)cs2)cc1. The molecule has 0 spiro atoms. The van der Waals surface area contributed by atoms with Gasteiger partial charge in [0, 0.05) is 24.0 Å². The minimum absolute atomic E-state index is 0.166. The maximum atomic E-state index is 8.88. The van der Waals surface area contributed by atoms with E-state index in [0.29, 0.717) is 6.42 Å². The van der Waals surface area contributed by atoms with Crippen molar-refractivity contribution in [2.24, 2.45) is 0 Å². The van der Waals surface area contributed by atoms with Gasteiger partial charge >= 0.3 is 0 Å². The van der Waals surface area contributed by atoms with E-state index in [1.54, 1.807) is 11.3 Å². The number of unbranched alkanes of at least 4 members (excludes halogenated alkanes) is 1. The Morgan fingerprint density at radius 2 is 1.94 bits per heavy atom. The summed E-state index contributed by atoms with van der Waals surface area (Å²) in [6.07, 6.45) is 4.28. The van der Waals surface area contributed by atoms with E-state index >= 15 is 0 Å². The Kier molecular flexibility index (Phi) is 4.90. The highest BCUT2D eigenvalue weighted by atomic mass is 32.1. The van der Waals surface area contributed by atoms with Gasteiger partial charge in [0.25, 0.3) is 0 Å². The van der Waals surface area contributed by atoms with Gasteiger partial charge in [-0.1, -0.05) is 37.6 Å². The van der Waals surface area contributed by atoms with Crippen molar-refractivity contribution in [1.29, 1.82) is 0 Å². The van der Waals surface area contributed by atoms with E-state index in [2.05, 4.69) is 36.2 Å². The molecule has 1 heterocycles. The Balaban J connectivity index is 2.07. The molecule has 0 amide bonds. The molecule has 2 aromatic rings. The number of aromatic nitrogens is 1. The summed E-state index contributed by atoms with van der Waals surface area (Å²) in [7, 11) is 0. The summed E-state index contributed by atoms with van der Waals surface area (Å²) in [5, 5.41) is 11.9. The molecule has 0 fully saturated rings. The topological polar surface area (TPSA) is 33.1 Å². The van der Waals surface area contributed by atoms with E-state index < -0.39 is 0 Å². The van der Waals surface area contributed by atoms with Crippen LogP contribution in [-0.4, -0.2) is 16.7 Å². The molecule has 1 N–H and O–H groups in total. The van der Waals surface area contributed by atoms with Crippen molar-refractivity contribution in [3.05, 3.63) is 40.9 Å². The van der Waals surface area contributed by atoms with Crippen LogP contribution < -0.4 is 0 Å². The molecule has 0 saturated heterocycles. The maximum Gasteiger partial charge on any atom is 0.123 e. The van der Waals surface area contributed by atoms with E-state index in [-0.39, 0.29) is 6.61 Å². The largest absolute Gasteiger partial charge is 0.396 e. The first-order chi connectivity index (χ1) is 8.83. The highest BCUT2D eigenvalue weighted by molar-refractivity contribution is 7.13. The monoisotopic (exact) mass is 261 g/mol. The van der Waals surface area contributed by atoms with Crippen molar-refractivity contribution < 1.29 is 5.11 Å². The summed E-state index contributed by atoms with van der Waals surface area (Å²) in [5.41, 5.74) is 3.55. The fraction of sp³-hybridized carbons (Fsp3) is 0.400. The van der Waals surface area contributed by atoms with Crippen molar-refractivity contribution in [2.45, 2.75) is 32.6 Å². The van der Waals surface area contributed by atoms with Crippen LogP contribution in [0, 0.1) is 0 Å². The molecule has 2 nitrogen and oxygen atoms in total. The average molecular weight is 261 g/mol. The third-order valence-electron chi connectivity index (χ3n) is 2.94. The first-order valence-corrected chi connectivity index (χ1v) is 7.36. The summed E-state index contributed by atoms with van der Waals surface area (Å²) in [6, 6.07) is 8.68. The van der Waals surface area contributed by atoms with Gasteiger partial charge in [-0.25, -0.2) is 4.98 Å². The van der Waals surface area contributed by atoms with Gasteiger partial charge < -0.3 is 5.11 Å². The Labute approximate surface area is 112 Å². The normalized spacial score (nSPS) is 10.8. The number of benzene rings is 1. The van der Waals surface area contributed by atoms with Gasteiger partial charge in [-0.15, -0.1) is 11.3 Å². The zero-order chi connectivity index (χ0) is 12.8. The van der Waals surface area contributed by atoms with Gasteiger partial charge in [0.05, 0.1) is 5.69 Å². The molecule has 0 aliphatic carbocycles. The van der Waals surface area contributed by atoms with E-state index in [4.69, 9.17) is 5.11 Å². The van der Waals surface area contributed by atoms with Crippen molar-refractivity contribution in [1.82, 2.24) is 4.98 Å². The second-order valence-corrected chi connectivity index (χ2v) is 5.28. The Bertz CT molecular complexity index is 475. The van der Waals surface area contributed by atoms with Crippen LogP contribution in [-0.2, 0) is 12.8 Å². The number of nitrogens with zero attached hydrogens (tertiary/aromatic N) is 1. The average Bonchev–Trinajstić information content (AvgIpc) is 2.86. The molecule has 0 aliphatic heterocycles. The van der Waals surface area contributed by atoms with Crippen LogP contribution in [0.3, 0.4) is 0 Å². The molecule has 1 aromatic heterocycles. The summed E-state index contributed by atoms with van der Waals surface area (Å²) in [5.74, 6) is 0. The zero-order valence-electron chi connectivity index (χ0n) is 10.7. The summed E-state index contributed by atoms with van der Waals surface area (Å²) in [4.78, 5) is 4.52. The van der Waals surface area contributed by atoms with Crippen molar-refractivity contribution in [3.8, 4) is 10.6 Å². The predicted molar refractivity (Wildman–Crippen MR) is 77.0 cm³/mol. The molecular formula is C15H19NOS. The second kappa shape index (κ2) is 6.66. The third kappa shape index (κ3) is 3.40. The van der Waals surface area contributed by atoms with Crippen LogP contribution in [0.15, 0.2) is 29.6 Å². The van der Waals surface area contributed by atoms with Gasteiger partial charge in [-0.2, -0.15) is 0 Å². The Morgan fingerprint density at radius 3 is 2.61 bits per heavy atom. The number of rotatable bonds is 6. The number of aliphatic hydroxyl groups is 1. The molecule has 96 valence electrons. The van der Waals surface area contributed by atoms with Gasteiger partial charge in [0.2, 0.25) is 0 Å². The van der Waals surface area contributed by atoms with E-state index in [0.717, 1.165) is 17.1 Å². The van der Waals surface area contributed by atoms with Crippen LogP contribution in [0.2, 0.25) is 0 Å². The minimum atomic E-state index is 0.166. The lowest BCUT2D eigenvalue weighted by Crippen LogP contribution is -1.90. The van der Waals surface area contributed by atoms with Crippen LogP contribution in [0.5, 0.6) is 0 Å². The highest BCUT2D eigenvalue weighted by Gasteiger charge is 2.04. The molecule has 18 heavy (non-hydrogen) atoms. The fourth-order valence-electron chi connectivity index (χ4n) is 1.86. The molecule has 0 bridgehead atoms. The molecule has 0 radical (unpaired) electrons. The molecule has 0 saturated carbocycles. The zero-order valence-corrected chi connectivity index (χ0v) is 11.5. The molecule has 0 atom stereocenters. The first-order valence-electron chi connectivity index (χ1n) is 6.48. The maximum absolute atomic E-state index is 8.88. The van der Waals surface area contributed by atoms with Crippen molar-refractivity contribution in [3.63, 3.8) is 0 Å². The van der Waals surface area contributed by atoms with Gasteiger partial charge in [0.15, 0.2) is 0 Å². The molecule has 3 heteroatoms. The number of thiazole rings is 1. The Morgan fingerprint density at radius 1 is 1.17 bits per heavy atom. The minimum Gasteiger partial charge on any atom is -0.396 e. The first kappa shape index (κ1) is 13.2. The van der Waals surface area contributed by atoms with Crippen molar-refractivity contribution >= 4 is 11.3 Å². The Hall–Kier alpha value is -1.19. The number of aliphatic hydroxyl groups excluding tert-OH is 1. The summed E-state index contributed by atoms with van der Waals surface area (Å²) in [6.45, 7) is 2.38. The fourth-order valence-corrected chi connectivity index (χ4v) is 2.72. The van der Waals surface area contributed by atoms with Gasteiger partial charge in [0.1, 0.15) is 5.01 Å². The number of hydrogen-bond acceptors (Lipinski definition) is 3. The van der Waals surface area contributed by atoms with E-state index in [9.17, 15) is 0 Å². The summed E-state index contributed by atoms with van der Waals surface area (Å²) < 4.78 is 0. The highest BCUT2D eigenvalue weighted by Crippen LogP contribution is 2.24. The van der Waals surface area contributed by atoms with Gasteiger partial charge in [-0.05, 0) is 18.4 Å². The molecule has 1 aromatic carbocycles. The number of hydrogen-bond donors (Lipinski definition) is 1. The lowest BCUT2D eigenvalue weighted by atomic mass is 10.1. The quantitative estimate of drug-likeness (QED) is 0.860. The molecule has 0 aliphatic rings. The summed E-state index contributed by atoms with van der Waals surface area (Å²) >= 11 is 1.64. The molecule has 0 unspecified atom stereocenters. The van der Waals surface area contributed by atoms with E-state index in [1.165, 1.54) is 24.0 Å².